The van der Waals surface area contributed by atoms with Gasteiger partial charge in [-0.3, -0.25) is 14.6 Å². The molecule has 0 bridgehead atoms. The molecule has 1 aliphatic carbocycles. The van der Waals surface area contributed by atoms with Crippen LogP contribution in [0.25, 0.3) is 10.2 Å². The van der Waals surface area contributed by atoms with Crippen LogP contribution >= 0.6 is 27.3 Å². The number of nitrogens with zero attached hydrogens (tertiary/aromatic N) is 3. The number of thiazole rings is 1. The Morgan fingerprint density at radius 2 is 2.08 bits per heavy atom. The van der Waals surface area contributed by atoms with Gasteiger partial charge in [0.05, 0.1) is 23.4 Å². The number of aromatic nitrogens is 1. The SMILES string of the molecule is O=C(C1CCCC1)N(CCN1CCOCC1)c1nc2ccc(Br)cc2s1. The van der Waals surface area contributed by atoms with Crippen LogP contribution in [-0.4, -0.2) is 55.2 Å². The third-order valence-corrected chi connectivity index (χ3v) is 6.82. The zero-order chi connectivity index (χ0) is 17.9. The van der Waals surface area contributed by atoms with E-state index < -0.39 is 0 Å². The van der Waals surface area contributed by atoms with Gasteiger partial charge in [-0.2, -0.15) is 0 Å². The summed E-state index contributed by atoms with van der Waals surface area (Å²) < 4.78 is 7.59. The second-order valence-corrected chi connectivity index (χ2v) is 8.96. The van der Waals surface area contributed by atoms with E-state index in [-0.39, 0.29) is 11.8 Å². The molecule has 1 amide bonds. The van der Waals surface area contributed by atoms with Gasteiger partial charge in [-0.25, -0.2) is 4.98 Å². The lowest BCUT2D eigenvalue weighted by Crippen LogP contribution is -2.44. The molecule has 1 saturated carbocycles. The molecule has 1 aliphatic heterocycles. The van der Waals surface area contributed by atoms with E-state index in [1.165, 1.54) is 12.8 Å². The van der Waals surface area contributed by atoms with Crippen molar-refractivity contribution < 1.29 is 9.53 Å². The Morgan fingerprint density at radius 1 is 1.31 bits per heavy atom. The molecule has 5 nitrogen and oxygen atoms in total. The molecule has 0 atom stereocenters. The van der Waals surface area contributed by atoms with Crippen LogP contribution in [-0.2, 0) is 9.53 Å². The van der Waals surface area contributed by atoms with Gasteiger partial charge in [0.1, 0.15) is 0 Å². The first kappa shape index (κ1) is 18.3. The Labute approximate surface area is 166 Å². The molecule has 140 valence electrons. The first-order valence-corrected chi connectivity index (χ1v) is 11.0. The molecule has 4 rings (SSSR count). The Kier molecular flexibility index (Phi) is 5.88. The number of anilines is 1. The molecule has 1 saturated heterocycles. The minimum Gasteiger partial charge on any atom is -0.379 e. The van der Waals surface area contributed by atoms with Crippen LogP contribution in [0.5, 0.6) is 0 Å². The molecule has 26 heavy (non-hydrogen) atoms. The van der Waals surface area contributed by atoms with Crippen molar-refractivity contribution in [2.24, 2.45) is 5.92 Å². The van der Waals surface area contributed by atoms with Crippen molar-refractivity contribution in [1.29, 1.82) is 0 Å². The number of ether oxygens (including phenoxy) is 1. The minimum absolute atomic E-state index is 0.165. The van der Waals surface area contributed by atoms with Crippen LogP contribution in [0, 0.1) is 5.92 Å². The quantitative estimate of drug-likeness (QED) is 0.710. The number of morpholine rings is 1. The summed E-state index contributed by atoms with van der Waals surface area (Å²) in [5, 5.41) is 0.836. The van der Waals surface area contributed by atoms with Gasteiger partial charge in [0.2, 0.25) is 5.91 Å². The van der Waals surface area contributed by atoms with Gasteiger partial charge in [0, 0.05) is 36.6 Å². The van der Waals surface area contributed by atoms with Crippen molar-refractivity contribution >= 4 is 48.5 Å². The smallest absolute Gasteiger partial charge is 0.231 e. The molecule has 0 unspecified atom stereocenters. The molecule has 0 N–H and O–H groups in total. The number of halogens is 1. The Balaban J connectivity index is 1.56. The average molecular weight is 438 g/mol. The molecule has 7 heteroatoms. The summed E-state index contributed by atoms with van der Waals surface area (Å²) in [7, 11) is 0. The summed E-state index contributed by atoms with van der Waals surface area (Å²) in [5.41, 5.74) is 0.962. The van der Waals surface area contributed by atoms with Gasteiger partial charge in [-0.1, -0.05) is 40.1 Å². The molecule has 2 fully saturated rings. The summed E-state index contributed by atoms with van der Waals surface area (Å²) >= 11 is 5.14. The van der Waals surface area contributed by atoms with Gasteiger partial charge in [-0.05, 0) is 31.0 Å². The Morgan fingerprint density at radius 3 is 2.85 bits per heavy atom. The predicted molar refractivity (Wildman–Crippen MR) is 109 cm³/mol. The Bertz CT molecular complexity index is 769. The van der Waals surface area contributed by atoms with Gasteiger partial charge in [-0.15, -0.1) is 0 Å². The van der Waals surface area contributed by atoms with Crippen molar-refractivity contribution in [2.45, 2.75) is 25.7 Å². The van der Waals surface area contributed by atoms with Gasteiger partial charge < -0.3 is 4.74 Å². The normalized spacial score (nSPS) is 19.3. The van der Waals surface area contributed by atoms with E-state index in [2.05, 4.69) is 26.9 Å². The van der Waals surface area contributed by atoms with E-state index >= 15 is 0 Å². The Hall–Kier alpha value is -1.02. The number of hydrogen-bond acceptors (Lipinski definition) is 5. The lowest BCUT2D eigenvalue weighted by Gasteiger charge is -2.30. The molecule has 1 aromatic heterocycles. The molecule has 2 aromatic rings. The van der Waals surface area contributed by atoms with Crippen LogP contribution in [0.15, 0.2) is 22.7 Å². The van der Waals surface area contributed by atoms with E-state index in [1.807, 2.05) is 17.0 Å². The standard InChI is InChI=1S/C19H24BrN3O2S/c20-15-5-6-16-17(13-15)26-19(21-16)23(18(24)14-3-1-2-4-14)8-7-22-9-11-25-12-10-22/h5-6,13-14H,1-4,7-12H2. The van der Waals surface area contributed by atoms with Crippen LogP contribution in [0.4, 0.5) is 5.13 Å². The van der Waals surface area contributed by atoms with E-state index in [4.69, 9.17) is 9.72 Å². The van der Waals surface area contributed by atoms with E-state index in [0.29, 0.717) is 6.54 Å². The van der Waals surface area contributed by atoms with Crippen LogP contribution in [0.3, 0.4) is 0 Å². The number of carbonyl (C=O) groups is 1. The zero-order valence-corrected chi connectivity index (χ0v) is 17.2. The number of hydrogen-bond donors (Lipinski definition) is 0. The highest BCUT2D eigenvalue weighted by atomic mass is 79.9. The third-order valence-electron chi connectivity index (χ3n) is 5.28. The van der Waals surface area contributed by atoms with Gasteiger partial charge >= 0.3 is 0 Å². The first-order valence-electron chi connectivity index (χ1n) is 9.38. The van der Waals surface area contributed by atoms with E-state index in [9.17, 15) is 4.79 Å². The van der Waals surface area contributed by atoms with Crippen LogP contribution in [0.2, 0.25) is 0 Å². The maximum Gasteiger partial charge on any atom is 0.231 e. The van der Waals surface area contributed by atoms with Crippen LogP contribution < -0.4 is 4.90 Å². The lowest BCUT2D eigenvalue weighted by molar-refractivity contribution is -0.122. The fraction of sp³-hybridized carbons (Fsp3) is 0.579. The molecule has 1 aromatic carbocycles. The highest BCUT2D eigenvalue weighted by Crippen LogP contribution is 2.34. The number of benzene rings is 1. The monoisotopic (exact) mass is 437 g/mol. The van der Waals surface area contributed by atoms with Crippen molar-refractivity contribution in [3.05, 3.63) is 22.7 Å². The fourth-order valence-electron chi connectivity index (χ4n) is 3.76. The molecule has 0 spiro atoms. The molecule has 2 heterocycles. The topological polar surface area (TPSA) is 45.7 Å². The lowest BCUT2D eigenvalue weighted by atomic mass is 10.1. The highest BCUT2D eigenvalue weighted by Gasteiger charge is 2.30. The summed E-state index contributed by atoms with van der Waals surface area (Å²) in [5.74, 6) is 0.423. The summed E-state index contributed by atoms with van der Waals surface area (Å²) in [4.78, 5) is 22.3. The van der Waals surface area contributed by atoms with Crippen molar-refractivity contribution in [1.82, 2.24) is 9.88 Å². The number of amides is 1. The van der Waals surface area contributed by atoms with Gasteiger partial charge in [0.15, 0.2) is 5.13 Å². The third kappa shape index (κ3) is 4.11. The minimum atomic E-state index is 0.165. The maximum atomic E-state index is 13.2. The number of fused-ring (bicyclic) bond motifs is 1. The zero-order valence-electron chi connectivity index (χ0n) is 14.8. The van der Waals surface area contributed by atoms with Crippen molar-refractivity contribution in [2.75, 3.05) is 44.3 Å². The van der Waals surface area contributed by atoms with Gasteiger partial charge in [0.25, 0.3) is 0 Å². The van der Waals surface area contributed by atoms with Crippen molar-refractivity contribution in [3.8, 4) is 0 Å². The molecule has 0 radical (unpaired) electrons. The molecule has 2 aliphatic rings. The average Bonchev–Trinajstić information content (AvgIpc) is 3.32. The number of carbonyl (C=O) groups excluding carboxylic acids is 1. The summed E-state index contributed by atoms with van der Waals surface area (Å²) in [6.07, 6.45) is 4.37. The van der Waals surface area contributed by atoms with E-state index in [1.54, 1.807) is 11.3 Å². The maximum absolute atomic E-state index is 13.2. The molecular formula is C19H24BrN3O2S. The second-order valence-electron chi connectivity index (χ2n) is 7.03. The largest absolute Gasteiger partial charge is 0.379 e. The summed E-state index contributed by atoms with van der Waals surface area (Å²) in [6, 6.07) is 6.10. The first-order chi connectivity index (χ1) is 12.7. The highest BCUT2D eigenvalue weighted by molar-refractivity contribution is 9.10. The fourth-order valence-corrected chi connectivity index (χ4v) is 5.31. The van der Waals surface area contributed by atoms with Crippen LogP contribution in [0.1, 0.15) is 25.7 Å². The van der Waals surface area contributed by atoms with E-state index in [0.717, 1.165) is 65.5 Å². The number of rotatable bonds is 5. The van der Waals surface area contributed by atoms with Crippen molar-refractivity contribution in [3.63, 3.8) is 0 Å². The molecular weight excluding hydrogens is 414 g/mol. The second kappa shape index (κ2) is 8.33. The summed E-state index contributed by atoms with van der Waals surface area (Å²) in [6.45, 7) is 5.03. The predicted octanol–water partition coefficient (Wildman–Crippen LogP) is 3.91.